The highest BCUT2D eigenvalue weighted by Crippen LogP contribution is 2.29. The summed E-state index contributed by atoms with van der Waals surface area (Å²) < 4.78 is 0. The molecule has 1 aliphatic heterocycles. The van der Waals surface area contributed by atoms with Crippen molar-refractivity contribution in [2.24, 2.45) is 0 Å². The summed E-state index contributed by atoms with van der Waals surface area (Å²) in [5.74, 6) is 2.57. The number of nitrogens with zero attached hydrogens (tertiary/aromatic N) is 1. The zero-order valence-corrected chi connectivity index (χ0v) is 11.7. The van der Waals surface area contributed by atoms with E-state index in [0.717, 1.165) is 12.6 Å². The molecule has 2 fully saturated rings. The Labute approximate surface area is 112 Å². The van der Waals surface area contributed by atoms with Crippen molar-refractivity contribution < 1.29 is 0 Å². The molecule has 4 heteroatoms. The molecule has 1 saturated carbocycles. The van der Waals surface area contributed by atoms with E-state index in [9.17, 15) is 0 Å². The van der Waals surface area contributed by atoms with Crippen LogP contribution >= 0.6 is 23.1 Å². The molecule has 1 unspecified atom stereocenters. The maximum absolute atomic E-state index is 3.65. The van der Waals surface area contributed by atoms with Crippen LogP contribution in [0.25, 0.3) is 0 Å². The average Bonchev–Trinajstić information content (AvgIpc) is 3.09. The maximum Gasteiger partial charge on any atom is 0.0331 e. The summed E-state index contributed by atoms with van der Waals surface area (Å²) in [6.45, 7) is 3.58. The molecule has 1 N–H and O–H groups in total. The molecule has 0 bridgehead atoms. The lowest BCUT2D eigenvalue weighted by molar-refractivity contribution is 0.232. The highest BCUT2D eigenvalue weighted by Gasteiger charge is 2.31. The van der Waals surface area contributed by atoms with Crippen LogP contribution in [0.1, 0.15) is 17.7 Å². The van der Waals surface area contributed by atoms with E-state index in [4.69, 9.17) is 0 Å². The lowest BCUT2D eigenvalue weighted by Crippen LogP contribution is -2.46. The number of hydrogen-bond acceptors (Lipinski definition) is 4. The summed E-state index contributed by atoms with van der Waals surface area (Å²) in [6.07, 6.45) is 2.82. The van der Waals surface area contributed by atoms with Gasteiger partial charge in [0.2, 0.25) is 0 Å². The van der Waals surface area contributed by atoms with Gasteiger partial charge in [-0.3, -0.25) is 4.90 Å². The Balaban J connectivity index is 1.56. The predicted octanol–water partition coefficient (Wildman–Crippen LogP) is 2.42. The molecule has 1 aromatic heterocycles. The van der Waals surface area contributed by atoms with Crippen molar-refractivity contribution in [1.29, 1.82) is 0 Å². The summed E-state index contributed by atoms with van der Waals surface area (Å²) in [5, 5.41) is 5.84. The fourth-order valence-electron chi connectivity index (χ4n) is 2.41. The van der Waals surface area contributed by atoms with Crippen molar-refractivity contribution >= 4 is 23.1 Å². The minimum Gasteiger partial charge on any atom is -0.311 e. The van der Waals surface area contributed by atoms with E-state index in [0.29, 0.717) is 6.04 Å². The van der Waals surface area contributed by atoms with E-state index < -0.39 is 0 Å². The smallest absolute Gasteiger partial charge is 0.0331 e. The van der Waals surface area contributed by atoms with Gasteiger partial charge >= 0.3 is 0 Å². The zero-order chi connectivity index (χ0) is 11.5. The van der Waals surface area contributed by atoms with Gasteiger partial charge in [0.15, 0.2) is 0 Å². The standard InChI is InChI=1S/C13H20N2S2/c1-2-13(17-6-1)9-15(12-3-4-12)8-11-10-16-7-5-14-11/h1-2,6,11-12,14H,3-5,7-10H2. The van der Waals surface area contributed by atoms with Gasteiger partial charge in [-0.15, -0.1) is 11.3 Å². The summed E-state index contributed by atoms with van der Waals surface area (Å²) >= 11 is 3.99. The predicted molar refractivity (Wildman–Crippen MR) is 76.9 cm³/mol. The average molecular weight is 268 g/mol. The number of hydrogen-bond donors (Lipinski definition) is 1. The van der Waals surface area contributed by atoms with Gasteiger partial charge in [0, 0.05) is 48.1 Å². The summed E-state index contributed by atoms with van der Waals surface area (Å²) in [7, 11) is 0. The summed E-state index contributed by atoms with van der Waals surface area (Å²) in [5.41, 5.74) is 0. The van der Waals surface area contributed by atoms with E-state index in [2.05, 4.69) is 39.5 Å². The Morgan fingerprint density at radius 2 is 2.35 bits per heavy atom. The van der Waals surface area contributed by atoms with Gasteiger partial charge in [0.1, 0.15) is 0 Å². The van der Waals surface area contributed by atoms with Crippen LogP contribution in [0.3, 0.4) is 0 Å². The first-order valence-corrected chi connectivity index (χ1v) is 8.53. The van der Waals surface area contributed by atoms with Gasteiger partial charge in [0.25, 0.3) is 0 Å². The third-order valence-corrected chi connectivity index (χ3v) is 5.45. The van der Waals surface area contributed by atoms with E-state index >= 15 is 0 Å². The quantitative estimate of drug-likeness (QED) is 0.883. The lowest BCUT2D eigenvalue weighted by Gasteiger charge is -2.30. The van der Waals surface area contributed by atoms with Gasteiger partial charge < -0.3 is 5.32 Å². The van der Waals surface area contributed by atoms with Gasteiger partial charge in [-0.1, -0.05) is 6.07 Å². The summed E-state index contributed by atoms with van der Waals surface area (Å²) in [4.78, 5) is 4.20. The van der Waals surface area contributed by atoms with E-state index in [-0.39, 0.29) is 0 Å². The van der Waals surface area contributed by atoms with Crippen LogP contribution in [0, 0.1) is 0 Å². The van der Waals surface area contributed by atoms with Crippen LogP contribution in [0.15, 0.2) is 17.5 Å². The van der Waals surface area contributed by atoms with Crippen LogP contribution < -0.4 is 5.32 Å². The van der Waals surface area contributed by atoms with Gasteiger partial charge in [-0.05, 0) is 24.3 Å². The molecule has 94 valence electrons. The second-order valence-electron chi connectivity index (χ2n) is 4.97. The number of nitrogens with one attached hydrogen (secondary N) is 1. The second kappa shape index (κ2) is 5.74. The summed E-state index contributed by atoms with van der Waals surface area (Å²) in [6, 6.07) is 6.00. The Hall–Kier alpha value is -0.0300. The molecule has 1 atom stereocenters. The normalized spacial score (nSPS) is 25.4. The molecule has 2 nitrogen and oxygen atoms in total. The van der Waals surface area contributed by atoms with Crippen molar-refractivity contribution in [2.75, 3.05) is 24.6 Å². The second-order valence-corrected chi connectivity index (χ2v) is 7.15. The molecule has 0 radical (unpaired) electrons. The van der Waals surface area contributed by atoms with Crippen molar-refractivity contribution in [2.45, 2.75) is 31.5 Å². The highest BCUT2D eigenvalue weighted by atomic mass is 32.2. The minimum absolute atomic E-state index is 0.703. The first-order chi connectivity index (χ1) is 8.42. The van der Waals surface area contributed by atoms with E-state index in [1.807, 2.05) is 11.3 Å². The fourth-order valence-corrected chi connectivity index (χ4v) is 4.07. The number of thiophene rings is 1. The third kappa shape index (κ3) is 3.47. The molecule has 1 aliphatic carbocycles. The molecule has 17 heavy (non-hydrogen) atoms. The topological polar surface area (TPSA) is 15.3 Å². The molecule has 2 heterocycles. The van der Waals surface area contributed by atoms with Crippen molar-refractivity contribution in [3.8, 4) is 0 Å². The number of thioether (sulfide) groups is 1. The molecule has 2 aliphatic rings. The molecule has 0 aromatic carbocycles. The largest absolute Gasteiger partial charge is 0.311 e. The van der Waals surface area contributed by atoms with Crippen LogP contribution in [0.2, 0.25) is 0 Å². The maximum atomic E-state index is 3.65. The number of rotatable bonds is 5. The Kier molecular flexibility index (Phi) is 4.06. The Morgan fingerprint density at radius 1 is 1.41 bits per heavy atom. The van der Waals surface area contributed by atoms with Gasteiger partial charge in [-0.25, -0.2) is 0 Å². The fraction of sp³-hybridized carbons (Fsp3) is 0.692. The lowest BCUT2D eigenvalue weighted by atomic mass is 10.2. The Morgan fingerprint density at radius 3 is 3.00 bits per heavy atom. The molecule has 1 saturated heterocycles. The first kappa shape index (κ1) is 12.0. The van der Waals surface area contributed by atoms with Crippen LogP contribution in [-0.2, 0) is 6.54 Å². The molecular weight excluding hydrogens is 248 g/mol. The molecule has 3 rings (SSSR count). The van der Waals surface area contributed by atoms with Crippen molar-refractivity contribution in [3.63, 3.8) is 0 Å². The van der Waals surface area contributed by atoms with Crippen LogP contribution in [0.4, 0.5) is 0 Å². The van der Waals surface area contributed by atoms with Crippen LogP contribution in [-0.4, -0.2) is 41.6 Å². The van der Waals surface area contributed by atoms with Gasteiger partial charge in [-0.2, -0.15) is 11.8 Å². The van der Waals surface area contributed by atoms with Gasteiger partial charge in [0.05, 0.1) is 0 Å². The van der Waals surface area contributed by atoms with Crippen LogP contribution in [0.5, 0.6) is 0 Å². The first-order valence-electron chi connectivity index (χ1n) is 6.49. The molecule has 0 spiro atoms. The van der Waals surface area contributed by atoms with Crippen molar-refractivity contribution in [3.05, 3.63) is 22.4 Å². The van der Waals surface area contributed by atoms with Crippen molar-refractivity contribution in [1.82, 2.24) is 10.2 Å². The molecule has 0 amide bonds. The molecular formula is C13H20N2S2. The monoisotopic (exact) mass is 268 g/mol. The zero-order valence-electron chi connectivity index (χ0n) is 10.1. The molecule has 1 aromatic rings. The van der Waals surface area contributed by atoms with E-state index in [1.165, 1.54) is 42.3 Å². The minimum atomic E-state index is 0.703. The highest BCUT2D eigenvalue weighted by molar-refractivity contribution is 7.99. The SMILES string of the molecule is c1csc(CN(CC2CSCCN2)C2CC2)c1. The third-order valence-electron chi connectivity index (χ3n) is 3.46. The Bertz CT molecular complexity index is 329. The van der Waals surface area contributed by atoms with E-state index in [1.54, 1.807) is 0 Å².